The van der Waals surface area contributed by atoms with E-state index in [1.165, 1.54) is 13.2 Å². The van der Waals surface area contributed by atoms with Crippen LogP contribution in [0.1, 0.15) is 5.56 Å². The Morgan fingerprint density at radius 3 is 2.90 bits per heavy atom. The highest BCUT2D eigenvalue weighted by molar-refractivity contribution is 5.94. The average molecular weight is 293 g/mol. The second-order valence-electron chi connectivity index (χ2n) is 4.21. The number of amides is 1. The van der Waals surface area contributed by atoms with Crippen LogP contribution < -0.4 is 14.8 Å². The third kappa shape index (κ3) is 3.73. The summed E-state index contributed by atoms with van der Waals surface area (Å²) in [5, 5.41) is 11.3. The molecule has 1 amide bonds. The van der Waals surface area contributed by atoms with E-state index in [9.17, 15) is 9.59 Å². The highest BCUT2D eigenvalue weighted by Gasteiger charge is 2.19. The summed E-state index contributed by atoms with van der Waals surface area (Å²) in [5.41, 5.74) is 0.744. The van der Waals surface area contributed by atoms with Crippen LogP contribution in [0.15, 0.2) is 24.3 Å². The van der Waals surface area contributed by atoms with Gasteiger partial charge in [0, 0.05) is 6.08 Å². The van der Waals surface area contributed by atoms with Gasteiger partial charge >= 0.3 is 5.97 Å². The fourth-order valence-electron chi connectivity index (χ4n) is 1.73. The van der Waals surface area contributed by atoms with E-state index in [1.807, 2.05) is 0 Å². The first-order valence-corrected chi connectivity index (χ1v) is 6.21. The maximum atomic E-state index is 11.7. The van der Waals surface area contributed by atoms with E-state index in [0.717, 1.165) is 5.56 Å². The lowest BCUT2D eigenvalue weighted by Crippen LogP contribution is -2.43. The van der Waals surface area contributed by atoms with Crippen molar-refractivity contribution < 1.29 is 28.9 Å². The third-order valence-corrected chi connectivity index (χ3v) is 2.81. The van der Waals surface area contributed by atoms with Crippen molar-refractivity contribution >= 4 is 18.0 Å². The molecule has 2 rings (SSSR count). The number of aliphatic hydroxyl groups excluding tert-OH is 1. The molecule has 0 saturated heterocycles. The number of hydrogen-bond acceptors (Lipinski definition) is 6. The molecule has 1 heterocycles. The number of methoxy groups -OCH3 is 1. The van der Waals surface area contributed by atoms with Crippen molar-refractivity contribution in [1.29, 1.82) is 0 Å². The molecule has 7 nitrogen and oxygen atoms in total. The number of carbonyl (C=O) groups is 2. The van der Waals surface area contributed by atoms with Crippen LogP contribution in [0, 0.1) is 0 Å². The summed E-state index contributed by atoms with van der Waals surface area (Å²) in [6.07, 6.45) is 2.81. The van der Waals surface area contributed by atoms with E-state index in [-0.39, 0.29) is 6.79 Å². The number of esters is 1. The fourth-order valence-corrected chi connectivity index (χ4v) is 1.73. The van der Waals surface area contributed by atoms with Gasteiger partial charge in [0.2, 0.25) is 12.7 Å². The molecule has 0 radical (unpaired) electrons. The van der Waals surface area contributed by atoms with Gasteiger partial charge in [-0.1, -0.05) is 6.07 Å². The van der Waals surface area contributed by atoms with Gasteiger partial charge in [0.05, 0.1) is 13.7 Å². The molecular weight excluding hydrogens is 278 g/mol. The molecule has 2 N–H and O–H groups in total. The zero-order valence-corrected chi connectivity index (χ0v) is 11.4. The van der Waals surface area contributed by atoms with Gasteiger partial charge < -0.3 is 24.6 Å². The predicted molar refractivity (Wildman–Crippen MR) is 72.6 cm³/mol. The minimum atomic E-state index is -1.08. The number of hydrogen-bond donors (Lipinski definition) is 2. The predicted octanol–water partition coefficient (Wildman–Crippen LogP) is 0.0786. The molecule has 0 saturated carbocycles. The Morgan fingerprint density at radius 1 is 1.43 bits per heavy atom. The van der Waals surface area contributed by atoms with Crippen LogP contribution in [0.2, 0.25) is 0 Å². The fraction of sp³-hybridized carbons (Fsp3) is 0.286. The molecular formula is C14H15NO6. The lowest BCUT2D eigenvalue weighted by Gasteiger charge is -2.11. The van der Waals surface area contributed by atoms with E-state index in [0.29, 0.717) is 11.5 Å². The molecule has 1 aliphatic rings. The average Bonchev–Trinajstić information content (AvgIpc) is 2.97. The van der Waals surface area contributed by atoms with Crippen LogP contribution >= 0.6 is 0 Å². The Bertz CT molecular complexity index is 569. The van der Waals surface area contributed by atoms with Crippen LogP contribution in [0.5, 0.6) is 11.5 Å². The van der Waals surface area contributed by atoms with Gasteiger partial charge in [-0.3, -0.25) is 4.79 Å². The Hall–Kier alpha value is -2.54. The Labute approximate surface area is 121 Å². The second kappa shape index (κ2) is 6.76. The third-order valence-electron chi connectivity index (χ3n) is 2.81. The quantitative estimate of drug-likeness (QED) is 0.590. The molecule has 7 heteroatoms. The monoisotopic (exact) mass is 293 g/mol. The van der Waals surface area contributed by atoms with Gasteiger partial charge in [-0.05, 0) is 23.8 Å². The van der Waals surface area contributed by atoms with Crippen LogP contribution in [0.4, 0.5) is 0 Å². The molecule has 0 unspecified atom stereocenters. The molecule has 0 bridgehead atoms. The molecule has 112 valence electrons. The summed E-state index contributed by atoms with van der Waals surface area (Å²) in [6.45, 7) is -0.351. The van der Waals surface area contributed by atoms with Crippen molar-refractivity contribution in [1.82, 2.24) is 5.32 Å². The van der Waals surface area contributed by atoms with E-state index in [4.69, 9.17) is 14.6 Å². The number of fused-ring (bicyclic) bond motifs is 1. The molecule has 0 aromatic heterocycles. The molecule has 21 heavy (non-hydrogen) atoms. The second-order valence-corrected chi connectivity index (χ2v) is 4.21. The van der Waals surface area contributed by atoms with E-state index >= 15 is 0 Å². The zero-order chi connectivity index (χ0) is 15.2. The lowest BCUT2D eigenvalue weighted by atomic mass is 10.2. The number of carbonyl (C=O) groups excluding carboxylic acids is 2. The van der Waals surface area contributed by atoms with Gasteiger partial charge in [0.1, 0.15) is 0 Å². The number of aliphatic hydroxyl groups is 1. The first kappa shape index (κ1) is 14.9. The first-order chi connectivity index (χ1) is 10.1. The number of ether oxygens (including phenoxy) is 3. The molecule has 0 aliphatic carbocycles. The van der Waals surface area contributed by atoms with Crippen molar-refractivity contribution in [3.63, 3.8) is 0 Å². The molecule has 0 fully saturated rings. The topological polar surface area (TPSA) is 94.1 Å². The first-order valence-electron chi connectivity index (χ1n) is 6.21. The summed E-state index contributed by atoms with van der Waals surface area (Å²) in [5.74, 6) is 0.0439. The van der Waals surface area contributed by atoms with Gasteiger partial charge in [-0.2, -0.15) is 0 Å². The van der Waals surface area contributed by atoms with E-state index < -0.39 is 24.5 Å². The van der Waals surface area contributed by atoms with Crippen molar-refractivity contribution in [2.24, 2.45) is 0 Å². The summed E-state index contributed by atoms with van der Waals surface area (Å²) in [4.78, 5) is 22.9. The van der Waals surface area contributed by atoms with E-state index in [2.05, 4.69) is 10.1 Å². The summed E-state index contributed by atoms with van der Waals surface area (Å²) >= 11 is 0. The SMILES string of the molecule is COC(=O)[C@@H](CO)NC(=O)/C=C/c1ccc2c(c1)OCO2. The van der Waals surface area contributed by atoms with Crippen molar-refractivity contribution in [2.45, 2.75) is 6.04 Å². The highest BCUT2D eigenvalue weighted by atomic mass is 16.7. The van der Waals surface area contributed by atoms with E-state index in [1.54, 1.807) is 24.3 Å². The molecule has 1 aromatic carbocycles. The number of benzene rings is 1. The van der Waals surface area contributed by atoms with Gasteiger partial charge in [0.15, 0.2) is 17.5 Å². The minimum Gasteiger partial charge on any atom is -0.467 e. The Balaban J connectivity index is 1.97. The van der Waals surface area contributed by atoms with Crippen LogP contribution in [-0.2, 0) is 14.3 Å². The largest absolute Gasteiger partial charge is 0.467 e. The van der Waals surface area contributed by atoms with Crippen molar-refractivity contribution in [3.05, 3.63) is 29.8 Å². The normalized spacial score (nSPS) is 14.0. The van der Waals surface area contributed by atoms with Crippen LogP contribution in [0.25, 0.3) is 6.08 Å². The Kier molecular flexibility index (Phi) is 4.78. The maximum Gasteiger partial charge on any atom is 0.330 e. The summed E-state index contributed by atoms with van der Waals surface area (Å²) in [6, 6.07) is 4.16. The molecule has 0 spiro atoms. The lowest BCUT2D eigenvalue weighted by molar-refractivity contribution is -0.145. The summed E-state index contributed by atoms with van der Waals surface area (Å²) < 4.78 is 14.9. The van der Waals surface area contributed by atoms with Crippen molar-refractivity contribution in [2.75, 3.05) is 20.5 Å². The standard InChI is InChI=1S/C14H15NO6/c1-19-14(18)10(7-16)15-13(17)5-3-9-2-4-11-12(6-9)21-8-20-11/h2-6,10,16H,7-8H2,1H3,(H,15,17)/b5-3+/t10-/m1/s1. The van der Waals surface area contributed by atoms with Crippen LogP contribution in [-0.4, -0.2) is 43.5 Å². The zero-order valence-electron chi connectivity index (χ0n) is 11.4. The van der Waals surface area contributed by atoms with Gasteiger partial charge in [-0.15, -0.1) is 0 Å². The van der Waals surface area contributed by atoms with Gasteiger partial charge in [0.25, 0.3) is 0 Å². The van der Waals surface area contributed by atoms with Gasteiger partial charge in [-0.25, -0.2) is 4.79 Å². The molecule has 1 aliphatic heterocycles. The smallest absolute Gasteiger partial charge is 0.330 e. The number of rotatable bonds is 5. The molecule has 1 aromatic rings. The molecule has 1 atom stereocenters. The summed E-state index contributed by atoms with van der Waals surface area (Å²) in [7, 11) is 1.18. The highest BCUT2D eigenvalue weighted by Crippen LogP contribution is 2.32. The maximum absolute atomic E-state index is 11.7. The van der Waals surface area contributed by atoms with Crippen molar-refractivity contribution in [3.8, 4) is 11.5 Å². The minimum absolute atomic E-state index is 0.181. The van der Waals surface area contributed by atoms with Crippen LogP contribution in [0.3, 0.4) is 0 Å². The Morgan fingerprint density at radius 2 is 2.19 bits per heavy atom. The number of nitrogens with one attached hydrogen (secondary N) is 1.